The normalized spacial score (nSPS) is 13.7. The van der Waals surface area contributed by atoms with Crippen molar-refractivity contribution in [1.82, 2.24) is 29.4 Å². The summed E-state index contributed by atoms with van der Waals surface area (Å²) in [5, 5.41) is 11.5. The standard InChI is InChI=1S/C20H24N6O2/c27-19(15-26-20(28)25-12-5-1-2-9-18(25)23-26)21-13-16-7-3-4-8-17(16)14-24-11-6-10-22-24/h3-4,6-8,10-11H,1-2,5,9,12-15H2,(H,21,27). The molecular weight excluding hydrogens is 356 g/mol. The Hall–Kier alpha value is -3.16. The molecule has 4 rings (SSSR count). The molecule has 0 saturated carbocycles. The van der Waals surface area contributed by atoms with Crippen LogP contribution >= 0.6 is 0 Å². The summed E-state index contributed by atoms with van der Waals surface area (Å²) in [6.07, 6.45) is 7.58. The molecule has 1 N–H and O–H groups in total. The maximum absolute atomic E-state index is 12.5. The van der Waals surface area contributed by atoms with Crippen molar-refractivity contribution in [3.63, 3.8) is 0 Å². The smallest absolute Gasteiger partial charge is 0.346 e. The monoisotopic (exact) mass is 380 g/mol. The predicted molar refractivity (Wildman–Crippen MR) is 104 cm³/mol. The van der Waals surface area contributed by atoms with E-state index in [0.717, 1.165) is 42.6 Å². The van der Waals surface area contributed by atoms with E-state index in [-0.39, 0.29) is 18.1 Å². The number of nitrogens with zero attached hydrogens (tertiary/aromatic N) is 5. The summed E-state index contributed by atoms with van der Waals surface area (Å²) in [7, 11) is 0. The van der Waals surface area contributed by atoms with Gasteiger partial charge in [0.25, 0.3) is 0 Å². The molecule has 8 heteroatoms. The van der Waals surface area contributed by atoms with Crippen LogP contribution in [0.4, 0.5) is 0 Å². The van der Waals surface area contributed by atoms with E-state index in [9.17, 15) is 9.59 Å². The Morgan fingerprint density at radius 1 is 1.11 bits per heavy atom. The lowest BCUT2D eigenvalue weighted by atomic mass is 10.1. The van der Waals surface area contributed by atoms with Crippen LogP contribution in [-0.4, -0.2) is 30.0 Å². The lowest BCUT2D eigenvalue weighted by Gasteiger charge is -2.11. The maximum atomic E-state index is 12.5. The van der Waals surface area contributed by atoms with Crippen LogP contribution in [0.3, 0.4) is 0 Å². The van der Waals surface area contributed by atoms with Gasteiger partial charge in [0.15, 0.2) is 0 Å². The van der Waals surface area contributed by atoms with Gasteiger partial charge in [-0.05, 0) is 30.0 Å². The van der Waals surface area contributed by atoms with Crippen LogP contribution in [-0.2, 0) is 37.4 Å². The zero-order valence-electron chi connectivity index (χ0n) is 15.8. The molecule has 2 aromatic heterocycles. The van der Waals surface area contributed by atoms with Crippen molar-refractivity contribution in [3.8, 4) is 0 Å². The fraction of sp³-hybridized carbons (Fsp3) is 0.400. The maximum Gasteiger partial charge on any atom is 0.346 e. The second kappa shape index (κ2) is 8.24. The number of aryl methyl sites for hydroxylation is 1. The van der Waals surface area contributed by atoms with Crippen molar-refractivity contribution in [1.29, 1.82) is 0 Å². The quantitative estimate of drug-likeness (QED) is 0.699. The van der Waals surface area contributed by atoms with Crippen molar-refractivity contribution in [3.05, 3.63) is 70.2 Å². The minimum absolute atomic E-state index is 0.0554. The highest BCUT2D eigenvalue weighted by molar-refractivity contribution is 5.75. The zero-order valence-corrected chi connectivity index (χ0v) is 15.8. The first-order chi connectivity index (χ1) is 13.7. The lowest BCUT2D eigenvalue weighted by Crippen LogP contribution is -2.33. The van der Waals surface area contributed by atoms with Gasteiger partial charge in [0.1, 0.15) is 12.4 Å². The number of nitrogens with one attached hydrogen (secondary N) is 1. The topological polar surface area (TPSA) is 86.7 Å². The van der Waals surface area contributed by atoms with Crippen LogP contribution in [0.2, 0.25) is 0 Å². The Morgan fingerprint density at radius 2 is 1.96 bits per heavy atom. The highest BCUT2D eigenvalue weighted by Crippen LogP contribution is 2.11. The number of hydrogen-bond donors (Lipinski definition) is 1. The summed E-state index contributed by atoms with van der Waals surface area (Å²) in [6.45, 7) is 1.68. The van der Waals surface area contributed by atoms with E-state index >= 15 is 0 Å². The Labute approximate surface area is 162 Å². The molecule has 8 nitrogen and oxygen atoms in total. The average Bonchev–Trinajstić information content (AvgIpc) is 3.23. The number of carbonyl (C=O) groups is 1. The molecule has 3 aromatic rings. The third-order valence-corrected chi connectivity index (χ3v) is 5.06. The van der Waals surface area contributed by atoms with Gasteiger partial charge in [-0.25, -0.2) is 9.48 Å². The number of hydrogen-bond acceptors (Lipinski definition) is 4. The minimum atomic E-state index is -0.218. The highest BCUT2D eigenvalue weighted by Gasteiger charge is 2.17. The van der Waals surface area contributed by atoms with Crippen molar-refractivity contribution >= 4 is 5.91 Å². The van der Waals surface area contributed by atoms with E-state index < -0.39 is 0 Å². The number of rotatable bonds is 6. The van der Waals surface area contributed by atoms with Crippen molar-refractivity contribution in [2.45, 2.75) is 51.9 Å². The fourth-order valence-electron chi connectivity index (χ4n) is 3.57. The number of fused-ring (bicyclic) bond motifs is 1. The molecule has 3 heterocycles. The molecule has 28 heavy (non-hydrogen) atoms. The first-order valence-corrected chi connectivity index (χ1v) is 9.68. The molecule has 0 fully saturated rings. The third kappa shape index (κ3) is 4.05. The summed E-state index contributed by atoms with van der Waals surface area (Å²) < 4.78 is 4.84. The Kier molecular flexibility index (Phi) is 5.36. The molecule has 1 aromatic carbocycles. The van der Waals surface area contributed by atoms with Crippen LogP contribution < -0.4 is 11.0 Å². The summed E-state index contributed by atoms with van der Waals surface area (Å²) in [4.78, 5) is 24.9. The Morgan fingerprint density at radius 3 is 2.79 bits per heavy atom. The van der Waals surface area contributed by atoms with Gasteiger partial charge in [0.2, 0.25) is 5.91 Å². The van der Waals surface area contributed by atoms with E-state index in [2.05, 4.69) is 15.5 Å². The van der Waals surface area contributed by atoms with Gasteiger partial charge in [-0.15, -0.1) is 0 Å². The third-order valence-electron chi connectivity index (χ3n) is 5.06. The molecule has 0 bridgehead atoms. The van der Waals surface area contributed by atoms with Crippen molar-refractivity contribution < 1.29 is 4.79 Å². The van der Waals surface area contributed by atoms with Crippen LogP contribution in [0.25, 0.3) is 0 Å². The molecule has 0 spiro atoms. The fourth-order valence-corrected chi connectivity index (χ4v) is 3.57. The van der Waals surface area contributed by atoms with Crippen LogP contribution in [0.5, 0.6) is 0 Å². The Balaban J connectivity index is 1.40. The molecule has 0 atom stereocenters. The largest absolute Gasteiger partial charge is 0.350 e. The minimum Gasteiger partial charge on any atom is -0.350 e. The average molecular weight is 380 g/mol. The lowest BCUT2D eigenvalue weighted by molar-refractivity contribution is -0.122. The molecule has 1 aliphatic heterocycles. The van der Waals surface area contributed by atoms with Gasteiger partial charge >= 0.3 is 5.69 Å². The van der Waals surface area contributed by atoms with E-state index in [1.54, 1.807) is 10.8 Å². The van der Waals surface area contributed by atoms with Crippen LogP contribution in [0, 0.1) is 0 Å². The van der Waals surface area contributed by atoms with Gasteiger partial charge in [-0.1, -0.05) is 30.7 Å². The number of benzene rings is 1. The second-order valence-electron chi connectivity index (χ2n) is 7.07. The highest BCUT2D eigenvalue weighted by atomic mass is 16.2. The first-order valence-electron chi connectivity index (χ1n) is 9.68. The summed E-state index contributed by atoms with van der Waals surface area (Å²) in [5.41, 5.74) is 1.93. The van der Waals surface area contributed by atoms with Crippen LogP contribution in [0.15, 0.2) is 47.5 Å². The van der Waals surface area contributed by atoms with Gasteiger partial charge in [0, 0.05) is 31.9 Å². The molecule has 0 radical (unpaired) electrons. The van der Waals surface area contributed by atoms with Crippen molar-refractivity contribution in [2.24, 2.45) is 0 Å². The van der Waals surface area contributed by atoms with E-state index in [1.165, 1.54) is 4.68 Å². The van der Waals surface area contributed by atoms with E-state index in [1.807, 2.05) is 41.2 Å². The number of carbonyl (C=O) groups excluding carboxylic acids is 1. The number of aromatic nitrogens is 5. The van der Waals surface area contributed by atoms with Gasteiger partial charge in [-0.3, -0.25) is 14.0 Å². The van der Waals surface area contributed by atoms with Gasteiger partial charge in [-0.2, -0.15) is 10.2 Å². The second-order valence-corrected chi connectivity index (χ2v) is 7.07. The SMILES string of the molecule is O=C(Cn1nc2n(c1=O)CCCCC2)NCc1ccccc1Cn1cccn1. The molecule has 0 saturated heterocycles. The summed E-state index contributed by atoms with van der Waals surface area (Å²) in [5.74, 6) is 0.573. The summed E-state index contributed by atoms with van der Waals surface area (Å²) in [6, 6.07) is 9.83. The molecule has 146 valence electrons. The Bertz CT molecular complexity index is 1000. The molecule has 1 aliphatic rings. The molecular formula is C20H24N6O2. The van der Waals surface area contributed by atoms with Gasteiger partial charge in [0.05, 0.1) is 6.54 Å². The van der Waals surface area contributed by atoms with Gasteiger partial charge < -0.3 is 5.32 Å². The van der Waals surface area contributed by atoms with Crippen molar-refractivity contribution in [2.75, 3.05) is 0 Å². The molecule has 0 aliphatic carbocycles. The van der Waals surface area contributed by atoms with E-state index in [4.69, 9.17) is 0 Å². The zero-order chi connectivity index (χ0) is 19.3. The van der Waals surface area contributed by atoms with Crippen LogP contribution in [0.1, 0.15) is 36.2 Å². The number of amides is 1. The summed E-state index contributed by atoms with van der Waals surface area (Å²) >= 11 is 0. The molecule has 1 amide bonds. The molecule has 0 unspecified atom stereocenters. The first kappa shape index (κ1) is 18.2. The van der Waals surface area contributed by atoms with E-state index in [0.29, 0.717) is 19.6 Å². The predicted octanol–water partition coefficient (Wildman–Crippen LogP) is 1.33.